The molecule has 7 nitrogen and oxygen atoms in total. The summed E-state index contributed by atoms with van der Waals surface area (Å²) in [7, 11) is 1.83. The van der Waals surface area contributed by atoms with Gasteiger partial charge in [-0.3, -0.25) is 9.59 Å². The molecule has 0 saturated heterocycles. The van der Waals surface area contributed by atoms with Crippen molar-refractivity contribution >= 4 is 29.3 Å². The summed E-state index contributed by atoms with van der Waals surface area (Å²) < 4.78 is 1.76. The number of carbonyl (C=O) groups excluding carboxylic acids is 2. The lowest BCUT2D eigenvalue weighted by Gasteiger charge is -2.08. The third-order valence-electron chi connectivity index (χ3n) is 4.48. The summed E-state index contributed by atoms with van der Waals surface area (Å²) in [5, 5.41) is 14.2. The van der Waals surface area contributed by atoms with E-state index < -0.39 is 0 Å². The van der Waals surface area contributed by atoms with Crippen molar-refractivity contribution in [2.45, 2.75) is 57.0 Å². The van der Waals surface area contributed by atoms with E-state index in [1.165, 1.54) is 43.9 Å². The molecule has 29 heavy (non-hydrogen) atoms. The second kappa shape index (κ2) is 13.0. The van der Waals surface area contributed by atoms with Gasteiger partial charge < -0.3 is 15.2 Å². The maximum absolute atomic E-state index is 12.3. The summed E-state index contributed by atoms with van der Waals surface area (Å²) in [6.45, 7) is 2.90. The summed E-state index contributed by atoms with van der Waals surface area (Å²) in [5.74, 6) is -0.0412. The fraction of sp³-hybridized carbons (Fsp3) is 0.524. The standard InChI is InChI=1S/C21H31N5O2S/c1-3-4-5-6-7-8-9-13-22-20(28)17-11-10-12-18(14-17)24-19(27)15-29-21-25-23-16-26(21)2/h10-12,14,16H,3-9,13,15H2,1-2H3,(H,22,28)(H,24,27). The lowest BCUT2D eigenvalue weighted by Crippen LogP contribution is -2.24. The van der Waals surface area contributed by atoms with Crippen molar-refractivity contribution in [3.63, 3.8) is 0 Å². The Morgan fingerprint density at radius 3 is 2.59 bits per heavy atom. The zero-order valence-electron chi connectivity index (χ0n) is 17.3. The second-order valence-corrected chi connectivity index (χ2v) is 7.96. The maximum Gasteiger partial charge on any atom is 0.251 e. The van der Waals surface area contributed by atoms with Crippen LogP contribution in [0.15, 0.2) is 35.7 Å². The highest BCUT2D eigenvalue weighted by molar-refractivity contribution is 7.99. The minimum Gasteiger partial charge on any atom is -0.352 e. The van der Waals surface area contributed by atoms with E-state index in [0.717, 1.165) is 12.8 Å². The molecule has 1 aromatic carbocycles. The van der Waals surface area contributed by atoms with Crippen molar-refractivity contribution < 1.29 is 9.59 Å². The molecular weight excluding hydrogens is 386 g/mol. The highest BCUT2D eigenvalue weighted by atomic mass is 32.2. The number of amides is 2. The molecule has 0 radical (unpaired) electrons. The second-order valence-electron chi connectivity index (χ2n) is 7.02. The number of anilines is 1. The van der Waals surface area contributed by atoms with Gasteiger partial charge in [-0.15, -0.1) is 10.2 Å². The average molecular weight is 418 g/mol. The SMILES string of the molecule is CCCCCCCCCNC(=O)c1cccc(NC(=O)CSc2nncn2C)c1. The largest absolute Gasteiger partial charge is 0.352 e. The van der Waals surface area contributed by atoms with Crippen LogP contribution in [-0.2, 0) is 11.8 Å². The number of thioether (sulfide) groups is 1. The smallest absolute Gasteiger partial charge is 0.251 e. The van der Waals surface area contributed by atoms with Crippen LogP contribution in [0.5, 0.6) is 0 Å². The summed E-state index contributed by atoms with van der Waals surface area (Å²) in [4.78, 5) is 24.5. The minimum atomic E-state index is -0.154. The predicted molar refractivity (Wildman–Crippen MR) is 117 cm³/mol. The molecule has 0 saturated carbocycles. The number of hydrogen-bond donors (Lipinski definition) is 2. The van der Waals surface area contributed by atoms with Crippen LogP contribution in [0.4, 0.5) is 5.69 Å². The Hall–Kier alpha value is -2.35. The Labute approximate surface area is 177 Å². The predicted octanol–water partition coefficient (Wildman–Crippen LogP) is 4.03. The zero-order valence-corrected chi connectivity index (χ0v) is 18.1. The van der Waals surface area contributed by atoms with E-state index >= 15 is 0 Å². The van der Waals surface area contributed by atoms with Gasteiger partial charge in [-0.1, -0.05) is 63.3 Å². The molecule has 0 fully saturated rings. The number of nitrogens with zero attached hydrogens (tertiary/aromatic N) is 3. The van der Waals surface area contributed by atoms with Crippen LogP contribution in [0.1, 0.15) is 62.2 Å². The van der Waals surface area contributed by atoms with E-state index in [-0.39, 0.29) is 17.6 Å². The molecule has 2 rings (SSSR count). The van der Waals surface area contributed by atoms with Crippen molar-refractivity contribution in [1.29, 1.82) is 0 Å². The molecule has 0 bridgehead atoms. The normalized spacial score (nSPS) is 10.7. The Morgan fingerprint density at radius 1 is 1.10 bits per heavy atom. The number of rotatable bonds is 13. The first-order chi connectivity index (χ1) is 14.1. The Morgan fingerprint density at radius 2 is 1.86 bits per heavy atom. The Kier molecular flexibility index (Phi) is 10.3. The first-order valence-corrected chi connectivity index (χ1v) is 11.2. The van der Waals surface area contributed by atoms with Crippen LogP contribution in [0.25, 0.3) is 0 Å². The number of aromatic nitrogens is 3. The van der Waals surface area contributed by atoms with Gasteiger partial charge in [0.25, 0.3) is 5.91 Å². The number of benzene rings is 1. The highest BCUT2D eigenvalue weighted by Gasteiger charge is 2.09. The molecule has 2 amide bonds. The van der Waals surface area contributed by atoms with Gasteiger partial charge in [-0.25, -0.2) is 0 Å². The molecule has 2 aromatic rings. The van der Waals surface area contributed by atoms with Gasteiger partial charge >= 0.3 is 0 Å². The van der Waals surface area contributed by atoms with Gasteiger partial charge in [0, 0.05) is 24.8 Å². The molecule has 0 aliphatic rings. The summed E-state index contributed by atoms with van der Waals surface area (Å²) in [5.41, 5.74) is 1.16. The lowest BCUT2D eigenvalue weighted by atomic mass is 10.1. The van der Waals surface area contributed by atoms with Crippen LogP contribution in [0.3, 0.4) is 0 Å². The van der Waals surface area contributed by atoms with Crippen LogP contribution in [0, 0.1) is 0 Å². The molecule has 0 unspecified atom stereocenters. The maximum atomic E-state index is 12.3. The summed E-state index contributed by atoms with van der Waals surface area (Å²) in [6.07, 6.45) is 10.1. The molecule has 0 spiro atoms. The molecule has 2 N–H and O–H groups in total. The number of hydrogen-bond acceptors (Lipinski definition) is 5. The monoisotopic (exact) mass is 417 g/mol. The van der Waals surface area contributed by atoms with Crippen LogP contribution < -0.4 is 10.6 Å². The topological polar surface area (TPSA) is 88.9 Å². The van der Waals surface area contributed by atoms with E-state index in [4.69, 9.17) is 0 Å². The minimum absolute atomic E-state index is 0.111. The Balaban J connectivity index is 1.70. The van der Waals surface area contributed by atoms with E-state index in [2.05, 4.69) is 27.8 Å². The average Bonchev–Trinajstić information content (AvgIpc) is 3.13. The molecule has 1 aromatic heterocycles. The molecular formula is C21H31N5O2S. The van der Waals surface area contributed by atoms with Crippen molar-refractivity contribution in [2.24, 2.45) is 7.05 Å². The van der Waals surface area contributed by atoms with E-state index in [1.54, 1.807) is 35.2 Å². The van der Waals surface area contributed by atoms with E-state index in [0.29, 0.717) is 23.0 Å². The molecule has 1 heterocycles. The third kappa shape index (κ3) is 8.68. The first-order valence-electron chi connectivity index (χ1n) is 10.2. The van der Waals surface area contributed by atoms with E-state index in [1.807, 2.05) is 7.05 Å². The Bertz CT molecular complexity index is 778. The lowest BCUT2D eigenvalue weighted by molar-refractivity contribution is -0.113. The van der Waals surface area contributed by atoms with Gasteiger partial charge in [0.2, 0.25) is 5.91 Å². The number of aryl methyl sites for hydroxylation is 1. The fourth-order valence-electron chi connectivity index (χ4n) is 2.85. The quantitative estimate of drug-likeness (QED) is 0.379. The zero-order chi connectivity index (χ0) is 20.9. The van der Waals surface area contributed by atoms with Crippen molar-refractivity contribution in [3.05, 3.63) is 36.2 Å². The first kappa shape index (κ1) is 22.9. The van der Waals surface area contributed by atoms with Crippen molar-refractivity contribution in [2.75, 3.05) is 17.6 Å². The van der Waals surface area contributed by atoms with Gasteiger partial charge in [0.1, 0.15) is 6.33 Å². The molecule has 0 aliphatic carbocycles. The van der Waals surface area contributed by atoms with Gasteiger partial charge in [-0.2, -0.15) is 0 Å². The van der Waals surface area contributed by atoms with Gasteiger partial charge in [0.15, 0.2) is 5.16 Å². The highest BCUT2D eigenvalue weighted by Crippen LogP contribution is 2.15. The van der Waals surface area contributed by atoms with Gasteiger partial charge in [0.05, 0.1) is 5.75 Å². The van der Waals surface area contributed by atoms with Crippen LogP contribution in [0.2, 0.25) is 0 Å². The third-order valence-corrected chi connectivity index (χ3v) is 5.51. The van der Waals surface area contributed by atoms with E-state index in [9.17, 15) is 9.59 Å². The number of nitrogens with one attached hydrogen (secondary N) is 2. The molecule has 0 aliphatic heterocycles. The summed E-state index contributed by atoms with van der Waals surface area (Å²) >= 11 is 1.31. The molecule has 158 valence electrons. The number of carbonyl (C=O) groups is 2. The number of unbranched alkanes of at least 4 members (excludes halogenated alkanes) is 6. The van der Waals surface area contributed by atoms with Crippen molar-refractivity contribution in [1.82, 2.24) is 20.1 Å². The van der Waals surface area contributed by atoms with Gasteiger partial charge in [-0.05, 0) is 24.6 Å². The van der Waals surface area contributed by atoms with Crippen molar-refractivity contribution in [3.8, 4) is 0 Å². The van der Waals surface area contributed by atoms with Crippen LogP contribution in [-0.4, -0.2) is 38.9 Å². The fourth-order valence-corrected chi connectivity index (χ4v) is 3.54. The molecule has 0 atom stereocenters. The molecule has 8 heteroatoms. The summed E-state index contributed by atoms with van der Waals surface area (Å²) in [6, 6.07) is 7.00. The van der Waals surface area contributed by atoms with Crippen LogP contribution >= 0.6 is 11.8 Å².